The number of aliphatic carboxylic acids is 1. The molecule has 2 rings (SSSR count). The van der Waals surface area contributed by atoms with Gasteiger partial charge in [0.1, 0.15) is 6.04 Å². The molecule has 0 aromatic heterocycles. The highest BCUT2D eigenvalue weighted by Crippen LogP contribution is 2.28. The molecule has 3 N–H and O–H groups in total. The molecule has 0 radical (unpaired) electrons. The molecule has 0 aliphatic heterocycles. The van der Waals surface area contributed by atoms with Gasteiger partial charge in [-0.15, -0.1) is 12.4 Å². The molecule has 1 aromatic carbocycles. The van der Waals surface area contributed by atoms with Gasteiger partial charge in [0, 0.05) is 0 Å². The Morgan fingerprint density at radius 3 is 2.31 bits per heavy atom. The first-order valence-corrected chi connectivity index (χ1v) is 5.22. The van der Waals surface area contributed by atoms with Crippen molar-refractivity contribution in [2.24, 2.45) is 11.7 Å². The number of nitrogens with two attached hydrogens (primary N) is 1. The molecule has 0 saturated carbocycles. The molecule has 1 aliphatic carbocycles. The summed E-state index contributed by atoms with van der Waals surface area (Å²) in [7, 11) is 0. The summed E-state index contributed by atoms with van der Waals surface area (Å²) in [4.78, 5) is 10.6. The standard InChI is InChI=1S/C12H15NO2.ClH/c13-11(12(14)15)7-8-5-9-3-1-2-4-10(9)6-8;/h1-4,8,11H,5-7,13H2,(H,14,15);1H/t11-;/m1./s1. The molecule has 88 valence electrons. The lowest BCUT2D eigenvalue weighted by molar-refractivity contribution is -0.138. The lowest BCUT2D eigenvalue weighted by Crippen LogP contribution is -2.32. The number of hydrogen-bond donors (Lipinski definition) is 2. The van der Waals surface area contributed by atoms with E-state index in [1.54, 1.807) is 0 Å². The minimum atomic E-state index is -0.897. The molecule has 1 atom stereocenters. The van der Waals surface area contributed by atoms with Gasteiger partial charge in [0.2, 0.25) is 0 Å². The Labute approximate surface area is 101 Å². The Hall–Kier alpha value is -1.06. The summed E-state index contributed by atoms with van der Waals surface area (Å²) in [6, 6.07) is 7.56. The maximum atomic E-state index is 10.6. The van der Waals surface area contributed by atoms with Gasteiger partial charge in [0.15, 0.2) is 0 Å². The van der Waals surface area contributed by atoms with E-state index in [4.69, 9.17) is 10.8 Å². The number of carboxylic acid groups (broad SMARTS) is 1. The molecule has 0 bridgehead atoms. The number of carbonyl (C=O) groups is 1. The van der Waals surface area contributed by atoms with E-state index in [2.05, 4.69) is 12.1 Å². The van der Waals surface area contributed by atoms with Crippen LogP contribution < -0.4 is 5.73 Å². The van der Waals surface area contributed by atoms with Gasteiger partial charge in [-0.2, -0.15) is 0 Å². The first-order chi connectivity index (χ1) is 7.16. The summed E-state index contributed by atoms with van der Waals surface area (Å²) in [6.07, 6.45) is 2.51. The summed E-state index contributed by atoms with van der Waals surface area (Å²) in [5.74, 6) is -0.501. The topological polar surface area (TPSA) is 63.3 Å². The molecule has 0 unspecified atom stereocenters. The van der Waals surface area contributed by atoms with E-state index in [9.17, 15) is 4.79 Å². The van der Waals surface area contributed by atoms with Crippen LogP contribution in [-0.4, -0.2) is 17.1 Å². The Bertz CT molecular complexity index is 356. The first-order valence-electron chi connectivity index (χ1n) is 5.22. The largest absolute Gasteiger partial charge is 0.480 e. The number of rotatable bonds is 3. The minimum Gasteiger partial charge on any atom is -0.480 e. The summed E-state index contributed by atoms with van der Waals surface area (Å²) in [5.41, 5.74) is 8.23. The van der Waals surface area contributed by atoms with E-state index < -0.39 is 12.0 Å². The van der Waals surface area contributed by atoms with Crippen LogP contribution in [0.5, 0.6) is 0 Å². The Balaban J connectivity index is 0.00000128. The molecular formula is C12H16ClNO2. The zero-order valence-corrected chi connectivity index (χ0v) is 9.74. The lowest BCUT2D eigenvalue weighted by atomic mass is 9.97. The molecule has 0 fully saturated rings. The second-order valence-corrected chi connectivity index (χ2v) is 4.22. The zero-order valence-electron chi connectivity index (χ0n) is 8.93. The monoisotopic (exact) mass is 241 g/mol. The molecule has 0 spiro atoms. The average Bonchev–Trinajstić information content (AvgIpc) is 2.59. The summed E-state index contributed by atoms with van der Waals surface area (Å²) in [6.45, 7) is 0. The van der Waals surface area contributed by atoms with Gasteiger partial charge in [-0.3, -0.25) is 4.79 Å². The van der Waals surface area contributed by atoms with Crippen LogP contribution in [0.2, 0.25) is 0 Å². The van der Waals surface area contributed by atoms with Crippen LogP contribution in [0.1, 0.15) is 17.5 Å². The maximum absolute atomic E-state index is 10.6. The van der Waals surface area contributed by atoms with E-state index in [1.165, 1.54) is 11.1 Å². The quantitative estimate of drug-likeness (QED) is 0.846. The van der Waals surface area contributed by atoms with Crippen LogP contribution in [0.4, 0.5) is 0 Å². The third-order valence-electron chi connectivity index (χ3n) is 3.04. The smallest absolute Gasteiger partial charge is 0.320 e. The third kappa shape index (κ3) is 2.74. The molecule has 0 amide bonds. The van der Waals surface area contributed by atoms with Crippen molar-refractivity contribution in [1.82, 2.24) is 0 Å². The SMILES string of the molecule is Cl.N[C@H](CC1Cc2ccccc2C1)C(=O)O. The van der Waals surface area contributed by atoms with E-state index in [-0.39, 0.29) is 12.4 Å². The van der Waals surface area contributed by atoms with Crippen molar-refractivity contribution in [3.63, 3.8) is 0 Å². The van der Waals surface area contributed by atoms with Crippen molar-refractivity contribution < 1.29 is 9.90 Å². The highest BCUT2D eigenvalue weighted by atomic mass is 35.5. The number of fused-ring (bicyclic) bond motifs is 1. The van der Waals surface area contributed by atoms with E-state index >= 15 is 0 Å². The van der Waals surface area contributed by atoms with Crippen molar-refractivity contribution in [2.75, 3.05) is 0 Å². The van der Waals surface area contributed by atoms with Crippen molar-refractivity contribution in [2.45, 2.75) is 25.3 Å². The predicted molar refractivity (Wildman–Crippen MR) is 64.8 cm³/mol. The summed E-state index contributed by atoms with van der Waals surface area (Å²) < 4.78 is 0. The Morgan fingerprint density at radius 2 is 1.88 bits per heavy atom. The maximum Gasteiger partial charge on any atom is 0.320 e. The molecule has 1 aromatic rings. The molecular weight excluding hydrogens is 226 g/mol. The molecule has 1 aliphatic rings. The van der Waals surface area contributed by atoms with Gasteiger partial charge in [-0.25, -0.2) is 0 Å². The Morgan fingerprint density at radius 1 is 1.38 bits per heavy atom. The van der Waals surface area contributed by atoms with Crippen molar-refractivity contribution in [3.05, 3.63) is 35.4 Å². The van der Waals surface area contributed by atoms with Crippen LogP contribution in [-0.2, 0) is 17.6 Å². The lowest BCUT2D eigenvalue weighted by Gasteiger charge is -2.11. The molecule has 0 heterocycles. The van der Waals surface area contributed by atoms with Crippen molar-refractivity contribution >= 4 is 18.4 Å². The van der Waals surface area contributed by atoms with Gasteiger partial charge in [-0.05, 0) is 36.3 Å². The zero-order chi connectivity index (χ0) is 10.8. The molecule has 16 heavy (non-hydrogen) atoms. The minimum absolute atomic E-state index is 0. The Kier molecular flexibility index (Phi) is 4.33. The summed E-state index contributed by atoms with van der Waals surface area (Å²) >= 11 is 0. The van der Waals surface area contributed by atoms with E-state index in [0.717, 1.165) is 12.8 Å². The van der Waals surface area contributed by atoms with Gasteiger partial charge >= 0.3 is 5.97 Å². The molecule has 3 nitrogen and oxygen atoms in total. The van der Waals surface area contributed by atoms with Crippen molar-refractivity contribution in [1.29, 1.82) is 0 Å². The fourth-order valence-electron chi connectivity index (χ4n) is 2.28. The average molecular weight is 242 g/mol. The highest BCUT2D eigenvalue weighted by molar-refractivity contribution is 5.85. The number of benzene rings is 1. The fraction of sp³-hybridized carbons (Fsp3) is 0.417. The van der Waals surface area contributed by atoms with Gasteiger partial charge in [-0.1, -0.05) is 24.3 Å². The van der Waals surface area contributed by atoms with Gasteiger partial charge < -0.3 is 10.8 Å². The van der Waals surface area contributed by atoms with Crippen molar-refractivity contribution in [3.8, 4) is 0 Å². The van der Waals surface area contributed by atoms with Crippen LogP contribution in [0.15, 0.2) is 24.3 Å². The fourth-order valence-corrected chi connectivity index (χ4v) is 2.28. The second-order valence-electron chi connectivity index (χ2n) is 4.22. The third-order valence-corrected chi connectivity index (χ3v) is 3.04. The number of halogens is 1. The van der Waals surface area contributed by atoms with E-state index in [1.807, 2.05) is 12.1 Å². The molecule has 0 saturated heterocycles. The summed E-state index contributed by atoms with van der Waals surface area (Å²) in [5, 5.41) is 8.73. The van der Waals surface area contributed by atoms with Crippen LogP contribution >= 0.6 is 12.4 Å². The predicted octanol–water partition coefficient (Wildman–Crippen LogP) is 1.63. The van der Waals surface area contributed by atoms with Crippen LogP contribution in [0.25, 0.3) is 0 Å². The molecule has 4 heteroatoms. The van der Waals surface area contributed by atoms with Gasteiger partial charge in [0.05, 0.1) is 0 Å². The van der Waals surface area contributed by atoms with Crippen LogP contribution in [0.3, 0.4) is 0 Å². The van der Waals surface area contributed by atoms with E-state index in [0.29, 0.717) is 12.3 Å². The first kappa shape index (κ1) is 13.0. The normalized spacial score (nSPS) is 16.3. The van der Waals surface area contributed by atoms with Gasteiger partial charge in [0.25, 0.3) is 0 Å². The van der Waals surface area contributed by atoms with Crippen LogP contribution in [0, 0.1) is 5.92 Å². The highest BCUT2D eigenvalue weighted by Gasteiger charge is 2.25. The number of hydrogen-bond acceptors (Lipinski definition) is 2. The second kappa shape index (κ2) is 5.32. The number of carboxylic acids is 1.